The molecule has 0 saturated carbocycles. The summed E-state index contributed by atoms with van der Waals surface area (Å²) in [5, 5.41) is 0.633. The number of halogens is 1. The van der Waals surface area contributed by atoms with E-state index in [2.05, 4.69) is 4.98 Å². The average Bonchev–Trinajstić information content (AvgIpc) is 3.27. The van der Waals surface area contributed by atoms with Crippen molar-refractivity contribution >= 4 is 44.2 Å². The molecular weight excluding hydrogens is 377 g/mol. The molecular formula is C21H20FN3O2S. The van der Waals surface area contributed by atoms with Gasteiger partial charge in [0.25, 0.3) is 0 Å². The van der Waals surface area contributed by atoms with E-state index in [4.69, 9.17) is 0 Å². The topological polar surface area (TPSA) is 53.5 Å². The maximum atomic E-state index is 14.1. The first kappa shape index (κ1) is 18.6. The van der Waals surface area contributed by atoms with Gasteiger partial charge in [0.1, 0.15) is 5.82 Å². The van der Waals surface area contributed by atoms with E-state index in [9.17, 15) is 14.0 Å². The molecule has 1 aliphatic rings. The number of fused-ring (bicyclic) bond motifs is 1. The Balaban J connectivity index is 1.60. The molecule has 1 aliphatic heterocycles. The van der Waals surface area contributed by atoms with Gasteiger partial charge >= 0.3 is 0 Å². The van der Waals surface area contributed by atoms with Crippen molar-refractivity contribution in [2.24, 2.45) is 5.92 Å². The van der Waals surface area contributed by atoms with Gasteiger partial charge in [0.15, 0.2) is 5.13 Å². The van der Waals surface area contributed by atoms with Crippen molar-refractivity contribution in [2.75, 3.05) is 22.9 Å². The minimum absolute atomic E-state index is 0.0770. The molecule has 0 aliphatic carbocycles. The van der Waals surface area contributed by atoms with Crippen LogP contribution in [0.4, 0.5) is 15.2 Å². The van der Waals surface area contributed by atoms with Crippen molar-refractivity contribution in [3.63, 3.8) is 0 Å². The number of rotatable bonds is 4. The number of carbonyl (C=O) groups excluding carboxylic acids is 2. The van der Waals surface area contributed by atoms with Crippen LogP contribution in [0.25, 0.3) is 10.2 Å². The van der Waals surface area contributed by atoms with Gasteiger partial charge in [-0.25, -0.2) is 9.37 Å². The van der Waals surface area contributed by atoms with Crippen LogP contribution in [0.15, 0.2) is 42.5 Å². The molecule has 2 aromatic carbocycles. The van der Waals surface area contributed by atoms with Crippen LogP contribution in [0, 0.1) is 18.7 Å². The van der Waals surface area contributed by atoms with E-state index in [-0.39, 0.29) is 30.5 Å². The third-order valence-corrected chi connectivity index (χ3v) is 6.08. The molecule has 28 heavy (non-hydrogen) atoms. The highest BCUT2D eigenvalue weighted by molar-refractivity contribution is 7.22. The predicted molar refractivity (Wildman–Crippen MR) is 109 cm³/mol. The van der Waals surface area contributed by atoms with Crippen molar-refractivity contribution in [2.45, 2.75) is 20.3 Å². The lowest BCUT2D eigenvalue weighted by atomic mass is 10.1. The highest BCUT2D eigenvalue weighted by atomic mass is 32.1. The molecule has 1 saturated heterocycles. The van der Waals surface area contributed by atoms with Crippen LogP contribution >= 0.6 is 11.3 Å². The summed E-state index contributed by atoms with van der Waals surface area (Å²) in [6.07, 6.45) is 0.0770. The molecule has 0 bridgehead atoms. The second-order valence-corrected chi connectivity index (χ2v) is 7.87. The highest BCUT2D eigenvalue weighted by Crippen LogP contribution is 2.33. The van der Waals surface area contributed by atoms with E-state index in [0.717, 1.165) is 15.8 Å². The van der Waals surface area contributed by atoms with Gasteiger partial charge in [0.05, 0.1) is 21.8 Å². The Hall–Kier alpha value is -2.80. The molecule has 0 unspecified atom stereocenters. The molecule has 1 fully saturated rings. The third kappa shape index (κ3) is 3.16. The third-order valence-electron chi connectivity index (χ3n) is 5.04. The van der Waals surface area contributed by atoms with Gasteiger partial charge in [0, 0.05) is 19.5 Å². The number of anilines is 2. The summed E-state index contributed by atoms with van der Waals surface area (Å²) >= 11 is 1.47. The Bertz CT molecular complexity index is 1060. The lowest BCUT2D eigenvalue weighted by molar-refractivity contribution is -0.124. The van der Waals surface area contributed by atoms with Crippen molar-refractivity contribution in [3.05, 3.63) is 53.8 Å². The van der Waals surface area contributed by atoms with Crippen LogP contribution in [0.1, 0.15) is 18.9 Å². The number of amides is 2. The number of thiazole rings is 1. The molecule has 0 N–H and O–H groups in total. The number of aryl methyl sites for hydroxylation is 1. The Morgan fingerprint density at radius 1 is 1.29 bits per heavy atom. The van der Waals surface area contributed by atoms with E-state index in [1.54, 1.807) is 23.1 Å². The monoisotopic (exact) mass is 397 g/mol. The molecule has 144 valence electrons. The molecule has 4 rings (SSSR count). The fourth-order valence-electron chi connectivity index (χ4n) is 3.57. The molecule has 7 heteroatoms. The fourth-order valence-corrected chi connectivity index (χ4v) is 4.68. The number of para-hydroxylation sites is 2. The van der Waals surface area contributed by atoms with Crippen LogP contribution in [-0.2, 0) is 9.59 Å². The van der Waals surface area contributed by atoms with E-state index in [1.165, 1.54) is 22.3 Å². The van der Waals surface area contributed by atoms with Gasteiger partial charge < -0.3 is 4.90 Å². The van der Waals surface area contributed by atoms with Gasteiger partial charge in [-0.1, -0.05) is 35.6 Å². The molecule has 2 heterocycles. The van der Waals surface area contributed by atoms with Gasteiger partial charge in [0.2, 0.25) is 11.8 Å². The number of benzene rings is 2. The van der Waals surface area contributed by atoms with Gasteiger partial charge in [-0.15, -0.1) is 0 Å². The van der Waals surface area contributed by atoms with Crippen LogP contribution in [0.5, 0.6) is 0 Å². The molecule has 1 aromatic heterocycles. The van der Waals surface area contributed by atoms with Crippen LogP contribution in [0.2, 0.25) is 0 Å². The van der Waals surface area contributed by atoms with Gasteiger partial charge in [-0.2, -0.15) is 0 Å². The van der Waals surface area contributed by atoms with Crippen LogP contribution in [-0.4, -0.2) is 29.9 Å². The minimum Gasteiger partial charge on any atom is -0.309 e. The number of carbonyl (C=O) groups is 2. The second kappa shape index (κ2) is 7.31. The first-order valence-electron chi connectivity index (χ1n) is 9.22. The number of hydrogen-bond acceptors (Lipinski definition) is 4. The number of nitrogens with zero attached hydrogens (tertiary/aromatic N) is 3. The zero-order chi connectivity index (χ0) is 19.8. The number of aromatic nitrogens is 1. The summed E-state index contributed by atoms with van der Waals surface area (Å²) in [6, 6.07) is 12.1. The Morgan fingerprint density at radius 3 is 2.79 bits per heavy atom. The van der Waals surface area contributed by atoms with E-state index in [0.29, 0.717) is 11.7 Å². The summed E-state index contributed by atoms with van der Waals surface area (Å²) in [5.74, 6) is -1.36. The summed E-state index contributed by atoms with van der Waals surface area (Å²) in [4.78, 5) is 33.3. The summed E-state index contributed by atoms with van der Waals surface area (Å²) in [7, 11) is 0. The Labute approximate surface area is 166 Å². The van der Waals surface area contributed by atoms with Crippen molar-refractivity contribution in [3.8, 4) is 0 Å². The van der Waals surface area contributed by atoms with E-state index < -0.39 is 11.7 Å². The standard InChI is InChI=1S/C21H20FN3O2S/c1-3-24(21-23-19-13(2)7-6-10-17(19)28-21)20(27)14-11-18(26)25(12-14)16-9-5-4-8-15(16)22/h4-10,14H,3,11-12H2,1-2H3/t14-/m0/s1. The SMILES string of the molecule is CCN(C(=O)[C@H]1CC(=O)N(c2ccccc2F)C1)c1nc2c(C)cccc2s1. The molecule has 1 atom stereocenters. The zero-order valence-corrected chi connectivity index (χ0v) is 16.5. The quantitative estimate of drug-likeness (QED) is 0.665. The molecule has 2 amide bonds. The Morgan fingerprint density at radius 2 is 2.07 bits per heavy atom. The minimum atomic E-state index is -0.514. The lowest BCUT2D eigenvalue weighted by Crippen LogP contribution is -2.37. The summed E-state index contributed by atoms with van der Waals surface area (Å²) < 4.78 is 15.1. The maximum absolute atomic E-state index is 14.1. The average molecular weight is 397 g/mol. The lowest BCUT2D eigenvalue weighted by Gasteiger charge is -2.22. The van der Waals surface area contributed by atoms with Crippen molar-refractivity contribution in [1.29, 1.82) is 0 Å². The fraction of sp³-hybridized carbons (Fsp3) is 0.286. The van der Waals surface area contributed by atoms with Crippen LogP contribution in [0.3, 0.4) is 0 Å². The van der Waals surface area contributed by atoms with Gasteiger partial charge in [-0.3, -0.25) is 14.5 Å². The normalized spacial score (nSPS) is 16.8. The van der Waals surface area contributed by atoms with Crippen molar-refractivity contribution < 1.29 is 14.0 Å². The maximum Gasteiger partial charge on any atom is 0.234 e. The molecule has 0 spiro atoms. The van der Waals surface area contributed by atoms with Gasteiger partial charge in [-0.05, 0) is 37.6 Å². The van der Waals surface area contributed by atoms with E-state index >= 15 is 0 Å². The zero-order valence-electron chi connectivity index (χ0n) is 15.7. The first-order valence-corrected chi connectivity index (χ1v) is 10.0. The molecule has 0 radical (unpaired) electrons. The second-order valence-electron chi connectivity index (χ2n) is 6.86. The Kier molecular flexibility index (Phi) is 4.85. The predicted octanol–water partition coefficient (Wildman–Crippen LogP) is 4.15. The molecule has 5 nitrogen and oxygen atoms in total. The summed E-state index contributed by atoms with van der Waals surface area (Å²) in [5.41, 5.74) is 2.18. The summed E-state index contributed by atoms with van der Waals surface area (Å²) in [6.45, 7) is 4.52. The van der Waals surface area contributed by atoms with Crippen LogP contribution < -0.4 is 9.80 Å². The van der Waals surface area contributed by atoms with E-state index in [1.807, 2.05) is 32.0 Å². The molecule has 3 aromatic rings. The highest BCUT2D eigenvalue weighted by Gasteiger charge is 2.38. The first-order chi connectivity index (χ1) is 13.5. The smallest absolute Gasteiger partial charge is 0.234 e. The number of hydrogen-bond donors (Lipinski definition) is 0. The largest absolute Gasteiger partial charge is 0.309 e. The van der Waals surface area contributed by atoms with Crippen molar-refractivity contribution in [1.82, 2.24) is 4.98 Å².